The van der Waals surface area contributed by atoms with Gasteiger partial charge in [0, 0.05) is 30.6 Å². The molecule has 3 aliphatic rings. The predicted molar refractivity (Wildman–Crippen MR) is 79.3 cm³/mol. The van der Waals surface area contributed by atoms with E-state index in [1.165, 1.54) is 31.6 Å². The van der Waals surface area contributed by atoms with Crippen LogP contribution in [0.4, 0.5) is 0 Å². The van der Waals surface area contributed by atoms with Crippen molar-refractivity contribution < 1.29 is 0 Å². The first kappa shape index (κ1) is 13.5. The van der Waals surface area contributed by atoms with Crippen LogP contribution in [-0.4, -0.2) is 53.5 Å². The van der Waals surface area contributed by atoms with Crippen molar-refractivity contribution in [3.05, 3.63) is 16.1 Å². The summed E-state index contributed by atoms with van der Waals surface area (Å²) in [5, 5.41) is 3.33. The van der Waals surface area contributed by atoms with Crippen LogP contribution in [0.3, 0.4) is 0 Å². The molecular formula is C14H24N4S. The Hall–Kier alpha value is -0.490. The first-order chi connectivity index (χ1) is 9.14. The summed E-state index contributed by atoms with van der Waals surface area (Å²) < 4.78 is 0. The minimum atomic E-state index is 0.161. The topological polar surface area (TPSA) is 45.4 Å². The van der Waals surface area contributed by atoms with Gasteiger partial charge in [-0.05, 0) is 45.8 Å². The van der Waals surface area contributed by atoms with E-state index in [-0.39, 0.29) is 5.54 Å². The van der Waals surface area contributed by atoms with Crippen molar-refractivity contribution >= 4 is 11.3 Å². The number of hydrogen-bond acceptors (Lipinski definition) is 5. The van der Waals surface area contributed by atoms with Crippen LogP contribution in [0.25, 0.3) is 0 Å². The van der Waals surface area contributed by atoms with Gasteiger partial charge in [-0.15, -0.1) is 11.3 Å². The Morgan fingerprint density at radius 1 is 1.53 bits per heavy atom. The maximum absolute atomic E-state index is 6.20. The first-order valence-corrected chi connectivity index (χ1v) is 8.07. The fourth-order valence-corrected chi connectivity index (χ4v) is 4.45. The summed E-state index contributed by atoms with van der Waals surface area (Å²) in [5.74, 6) is 0.757. The summed E-state index contributed by atoms with van der Waals surface area (Å²) in [4.78, 5) is 9.64. The predicted octanol–water partition coefficient (Wildman–Crippen LogP) is 1.31. The van der Waals surface area contributed by atoms with Crippen LogP contribution >= 0.6 is 11.3 Å². The summed E-state index contributed by atoms with van der Waals surface area (Å²) in [6, 6.07) is 0. The lowest BCUT2D eigenvalue weighted by atomic mass is 9.71. The van der Waals surface area contributed by atoms with E-state index in [0.29, 0.717) is 0 Å². The van der Waals surface area contributed by atoms with Crippen molar-refractivity contribution in [3.63, 3.8) is 0 Å². The Morgan fingerprint density at radius 3 is 2.74 bits per heavy atom. The van der Waals surface area contributed by atoms with Crippen LogP contribution in [0, 0.1) is 12.8 Å². The van der Waals surface area contributed by atoms with Gasteiger partial charge in [0.2, 0.25) is 0 Å². The minimum Gasteiger partial charge on any atom is -0.329 e. The number of piperidine rings is 3. The molecule has 19 heavy (non-hydrogen) atoms. The highest BCUT2D eigenvalue weighted by Gasteiger charge is 2.48. The van der Waals surface area contributed by atoms with Gasteiger partial charge in [-0.2, -0.15) is 0 Å². The number of rotatable bonds is 4. The van der Waals surface area contributed by atoms with E-state index in [2.05, 4.69) is 34.1 Å². The molecule has 4 rings (SSSR count). The molecule has 3 aliphatic heterocycles. The molecule has 2 bridgehead atoms. The average molecular weight is 280 g/mol. The van der Waals surface area contributed by atoms with Crippen molar-refractivity contribution in [1.82, 2.24) is 14.8 Å². The number of fused-ring (bicyclic) bond motifs is 3. The quantitative estimate of drug-likeness (QED) is 0.903. The highest BCUT2D eigenvalue weighted by molar-refractivity contribution is 7.09. The number of aromatic nitrogens is 1. The van der Waals surface area contributed by atoms with Crippen LogP contribution in [0.15, 0.2) is 5.38 Å². The van der Waals surface area contributed by atoms with Gasteiger partial charge in [-0.3, -0.25) is 4.90 Å². The molecule has 3 saturated heterocycles. The second-order valence-corrected chi connectivity index (χ2v) is 7.13. The Balaban J connectivity index is 1.77. The van der Waals surface area contributed by atoms with E-state index in [1.807, 2.05) is 0 Å². The highest BCUT2D eigenvalue weighted by atomic mass is 32.1. The molecule has 1 aromatic rings. The molecule has 1 aromatic heterocycles. The zero-order valence-corrected chi connectivity index (χ0v) is 12.7. The Kier molecular flexibility index (Phi) is 3.64. The zero-order chi connectivity index (χ0) is 13.5. The van der Waals surface area contributed by atoms with Crippen LogP contribution in [0.2, 0.25) is 0 Å². The van der Waals surface area contributed by atoms with E-state index < -0.39 is 0 Å². The van der Waals surface area contributed by atoms with E-state index in [4.69, 9.17) is 5.73 Å². The van der Waals surface area contributed by atoms with E-state index >= 15 is 0 Å². The smallest absolute Gasteiger partial charge is 0.0897 e. The maximum atomic E-state index is 6.20. The van der Waals surface area contributed by atoms with Crippen molar-refractivity contribution in [2.45, 2.75) is 31.8 Å². The lowest BCUT2D eigenvalue weighted by Crippen LogP contribution is -2.69. The number of nitrogens with two attached hydrogens (primary N) is 1. The third-order valence-electron chi connectivity index (χ3n) is 5.02. The number of likely N-dealkylation sites (N-methyl/N-ethyl adjacent to an activating group) is 1. The Labute approximate surface area is 119 Å². The number of hydrogen-bond donors (Lipinski definition) is 1. The lowest BCUT2D eigenvalue weighted by Gasteiger charge is -2.56. The van der Waals surface area contributed by atoms with E-state index in [9.17, 15) is 0 Å². The summed E-state index contributed by atoms with van der Waals surface area (Å²) in [5.41, 5.74) is 7.55. The minimum absolute atomic E-state index is 0.161. The molecule has 0 amide bonds. The SMILES string of the molecule is Cc1nc(CN(C)C2(CN)CN3CCC2CC3)cs1. The molecule has 5 heteroatoms. The molecule has 2 N–H and O–H groups in total. The van der Waals surface area contributed by atoms with E-state index in [0.717, 1.165) is 30.6 Å². The van der Waals surface area contributed by atoms with Crippen molar-refractivity contribution in [2.24, 2.45) is 11.7 Å². The largest absolute Gasteiger partial charge is 0.329 e. The van der Waals surface area contributed by atoms with Gasteiger partial charge in [0.15, 0.2) is 0 Å². The molecule has 1 atom stereocenters. The number of nitrogens with zero attached hydrogens (tertiary/aromatic N) is 3. The second-order valence-electron chi connectivity index (χ2n) is 6.07. The third-order valence-corrected chi connectivity index (χ3v) is 5.85. The normalized spacial score (nSPS) is 34.1. The summed E-state index contributed by atoms with van der Waals surface area (Å²) in [6.45, 7) is 7.40. The molecule has 0 aliphatic carbocycles. The van der Waals surface area contributed by atoms with Crippen LogP contribution in [-0.2, 0) is 6.54 Å². The van der Waals surface area contributed by atoms with Gasteiger partial charge in [-0.1, -0.05) is 0 Å². The van der Waals surface area contributed by atoms with E-state index in [1.54, 1.807) is 11.3 Å². The lowest BCUT2D eigenvalue weighted by molar-refractivity contribution is -0.0599. The fourth-order valence-electron chi connectivity index (χ4n) is 3.85. The van der Waals surface area contributed by atoms with Crippen molar-refractivity contribution in [2.75, 3.05) is 33.2 Å². The molecular weight excluding hydrogens is 256 g/mol. The molecule has 4 heterocycles. The molecule has 106 valence electrons. The standard InChI is InChI=1S/C14H24N4S/c1-11-16-13(8-19-11)7-17(2)14(9-15)10-18-5-3-12(14)4-6-18/h8,12H,3-7,9-10,15H2,1-2H3. The van der Waals surface area contributed by atoms with Gasteiger partial charge >= 0.3 is 0 Å². The molecule has 0 saturated carbocycles. The van der Waals surface area contributed by atoms with Crippen LogP contribution in [0.1, 0.15) is 23.5 Å². The average Bonchev–Trinajstić information content (AvgIpc) is 2.85. The van der Waals surface area contributed by atoms with Crippen LogP contribution in [0.5, 0.6) is 0 Å². The van der Waals surface area contributed by atoms with Crippen molar-refractivity contribution in [3.8, 4) is 0 Å². The number of thiazole rings is 1. The van der Waals surface area contributed by atoms with Crippen molar-refractivity contribution in [1.29, 1.82) is 0 Å². The van der Waals surface area contributed by atoms with Gasteiger partial charge in [0.1, 0.15) is 0 Å². The highest BCUT2D eigenvalue weighted by Crippen LogP contribution is 2.39. The van der Waals surface area contributed by atoms with Gasteiger partial charge in [0.05, 0.1) is 10.7 Å². The van der Waals surface area contributed by atoms with Gasteiger partial charge in [-0.25, -0.2) is 4.98 Å². The monoisotopic (exact) mass is 280 g/mol. The summed E-state index contributed by atoms with van der Waals surface area (Å²) >= 11 is 1.74. The Bertz CT molecular complexity index is 438. The zero-order valence-electron chi connectivity index (χ0n) is 11.9. The molecule has 3 fully saturated rings. The fraction of sp³-hybridized carbons (Fsp3) is 0.786. The molecule has 1 unspecified atom stereocenters. The molecule has 0 radical (unpaired) electrons. The van der Waals surface area contributed by atoms with Gasteiger partial charge < -0.3 is 10.6 Å². The first-order valence-electron chi connectivity index (χ1n) is 7.19. The molecule has 0 aromatic carbocycles. The second kappa shape index (κ2) is 5.13. The van der Waals surface area contributed by atoms with Crippen LogP contribution < -0.4 is 5.73 Å². The maximum Gasteiger partial charge on any atom is 0.0897 e. The number of aryl methyl sites for hydroxylation is 1. The summed E-state index contributed by atoms with van der Waals surface area (Å²) in [7, 11) is 2.23. The third kappa shape index (κ3) is 2.33. The molecule has 0 spiro atoms. The van der Waals surface area contributed by atoms with Gasteiger partial charge in [0.25, 0.3) is 0 Å². The molecule has 4 nitrogen and oxygen atoms in total. The summed E-state index contributed by atoms with van der Waals surface area (Å²) in [6.07, 6.45) is 2.61. The Morgan fingerprint density at radius 2 is 2.26 bits per heavy atom.